The highest BCUT2D eigenvalue weighted by atomic mass is 32.1. The van der Waals surface area contributed by atoms with Crippen molar-refractivity contribution in [3.8, 4) is 0 Å². The van der Waals surface area contributed by atoms with E-state index >= 15 is 0 Å². The van der Waals surface area contributed by atoms with Crippen LogP contribution in [0.5, 0.6) is 0 Å². The molecule has 1 amide bonds. The van der Waals surface area contributed by atoms with Crippen LogP contribution in [0.3, 0.4) is 0 Å². The Kier molecular flexibility index (Phi) is 4.60. The van der Waals surface area contributed by atoms with Gasteiger partial charge in [0, 0.05) is 34.8 Å². The zero-order chi connectivity index (χ0) is 15.4. The molecule has 6 heteroatoms. The minimum absolute atomic E-state index is 0.109. The topological polar surface area (TPSA) is 54.9 Å². The standard InChI is InChI=1S/C16H15N3OS2/c1-11-13(5-2-6-17-11)15(20)19-14(16-18-7-9-22-16)10-12-4-3-8-21-12/h2-9,14H,10H2,1H3,(H,19,20)/t14-/m1/s1. The molecule has 0 aromatic carbocycles. The number of pyridine rings is 1. The maximum absolute atomic E-state index is 12.5. The van der Waals surface area contributed by atoms with Crippen molar-refractivity contribution in [3.63, 3.8) is 0 Å². The van der Waals surface area contributed by atoms with Crippen molar-refractivity contribution in [1.29, 1.82) is 0 Å². The van der Waals surface area contributed by atoms with E-state index in [4.69, 9.17) is 0 Å². The van der Waals surface area contributed by atoms with Crippen LogP contribution >= 0.6 is 22.7 Å². The number of thiazole rings is 1. The highest BCUT2D eigenvalue weighted by Crippen LogP contribution is 2.23. The molecule has 3 heterocycles. The van der Waals surface area contributed by atoms with E-state index in [0.717, 1.165) is 17.1 Å². The SMILES string of the molecule is Cc1ncccc1C(=O)N[C@H](Cc1cccs1)c1nccs1. The van der Waals surface area contributed by atoms with Gasteiger partial charge in [-0.15, -0.1) is 22.7 Å². The lowest BCUT2D eigenvalue weighted by molar-refractivity contribution is 0.0935. The van der Waals surface area contributed by atoms with Crippen molar-refractivity contribution in [1.82, 2.24) is 15.3 Å². The van der Waals surface area contributed by atoms with E-state index < -0.39 is 0 Å². The molecule has 1 atom stereocenters. The minimum atomic E-state index is -0.120. The van der Waals surface area contributed by atoms with Gasteiger partial charge in [0.1, 0.15) is 5.01 Å². The predicted octanol–water partition coefficient (Wildman–Crippen LogP) is 3.62. The van der Waals surface area contributed by atoms with E-state index in [1.54, 1.807) is 47.2 Å². The summed E-state index contributed by atoms with van der Waals surface area (Å²) in [5, 5.41) is 7.98. The van der Waals surface area contributed by atoms with E-state index in [1.807, 2.05) is 23.8 Å². The first kappa shape index (κ1) is 14.9. The van der Waals surface area contributed by atoms with Crippen LogP contribution in [0.15, 0.2) is 47.4 Å². The third-order valence-electron chi connectivity index (χ3n) is 3.29. The number of rotatable bonds is 5. The second kappa shape index (κ2) is 6.81. The van der Waals surface area contributed by atoms with Gasteiger partial charge in [0.25, 0.3) is 5.91 Å². The number of aromatic nitrogens is 2. The van der Waals surface area contributed by atoms with Crippen molar-refractivity contribution in [2.75, 3.05) is 0 Å². The van der Waals surface area contributed by atoms with E-state index in [9.17, 15) is 4.79 Å². The Hall–Kier alpha value is -2.05. The normalized spacial score (nSPS) is 12.0. The van der Waals surface area contributed by atoms with Crippen LogP contribution < -0.4 is 5.32 Å². The number of nitrogens with zero attached hydrogens (tertiary/aromatic N) is 2. The zero-order valence-electron chi connectivity index (χ0n) is 12.0. The van der Waals surface area contributed by atoms with Crippen LogP contribution in [-0.4, -0.2) is 15.9 Å². The van der Waals surface area contributed by atoms with Gasteiger partial charge in [-0.25, -0.2) is 4.98 Å². The van der Waals surface area contributed by atoms with Gasteiger partial charge in [0.15, 0.2) is 0 Å². The second-order valence-electron chi connectivity index (χ2n) is 4.82. The van der Waals surface area contributed by atoms with Gasteiger partial charge < -0.3 is 5.32 Å². The number of carbonyl (C=O) groups excluding carboxylic acids is 1. The molecule has 3 aromatic heterocycles. The lowest BCUT2D eigenvalue weighted by Gasteiger charge is -2.16. The first-order valence-corrected chi connectivity index (χ1v) is 8.64. The van der Waals surface area contributed by atoms with Crippen LogP contribution in [0.4, 0.5) is 0 Å². The molecule has 0 saturated heterocycles. The third-order valence-corrected chi connectivity index (χ3v) is 5.08. The summed E-state index contributed by atoms with van der Waals surface area (Å²) in [6, 6.07) is 7.55. The van der Waals surface area contributed by atoms with Crippen LogP contribution in [0.25, 0.3) is 0 Å². The molecule has 0 unspecified atom stereocenters. The molecule has 3 aromatic rings. The summed E-state index contributed by atoms with van der Waals surface area (Å²) >= 11 is 3.25. The zero-order valence-corrected chi connectivity index (χ0v) is 13.7. The number of nitrogens with one attached hydrogen (secondary N) is 1. The summed E-state index contributed by atoms with van der Waals surface area (Å²) in [6.45, 7) is 1.84. The Morgan fingerprint density at radius 2 is 2.09 bits per heavy atom. The first-order chi connectivity index (χ1) is 10.7. The van der Waals surface area contributed by atoms with Crippen molar-refractivity contribution < 1.29 is 4.79 Å². The smallest absolute Gasteiger partial charge is 0.253 e. The molecule has 0 saturated carbocycles. The monoisotopic (exact) mass is 329 g/mol. The largest absolute Gasteiger partial charge is 0.342 e. The number of amides is 1. The maximum atomic E-state index is 12.5. The van der Waals surface area contributed by atoms with Crippen LogP contribution in [0.2, 0.25) is 0 Å². The quantitative estimate of drug-likeness (QED) is 0.778. The van der Waals surface area contributed by atoms with Gasteiger partial charge in [-0.3, -0.25) is 9.78 Å². The fourth-order valence-corrected chi connectivity index (χ4v) is 3.64. The highest BCUT2D eigenvalue weighted by Gasteiger charge is 2.20. The average molecular weight is 329 g/mol. The molecule has 22 heavy (non-hydrogen) atoms. The molecule has 0 aliphatic heterocycles. The van der Waals surface area contributed by atoms with E-state index in [1.165, 1.54) is 4.88 Å². The molecule has 0 aliphatic carbocycles. The fraction of sp³-hybridized carbons (Fsp3) is 0.188. The Morgan fingerprint density at radius 3 is 2.77 bits per heavy atom. The summed E-state index contributed by atoms with van der Waals surface area (Å²) in [7, 11) is 0. The number of hydrogen-bond donors (Lipinski definition) is 1. The Morgan fingerprint density at radius 1 is 1.18 bits per heavy atom. The van der Waals surface area contributed by atoms with Crippen LogP contribution in [-0.2, 0) is 6.42 Å². The molecule has 0 bridgehead atoms. The lowest BCUT2D eigenvalue weighted by atomic mass is 10.1. The fourth-order valence-electron chi connectivity index (χ4n) is 2.20. The molecular formula is C16H15N3OS2. The lowest BCUT2D eigenvalue weighted by Crippen LogP contribution is -2.30. The first-order valence-electron chi connectivity index (χ1n) is 6.88. The number of hydrogen-bond acceptors (Lipinski definition) is 5. The molecule has 1 N–H and O–H groups in total. The van der Waals surface area contributed by atoms with E-state index in [2.05, 4.69) is 21.4 Å². The van der Waals surface area contributed by atoms with Gasteiger partial charge in [0.2, 0.25) is 0 Å². The molecule has 0 radical (unpaired) electrons. The molecule has 3 rings (SSSR count). The van der Waals surface area contributed by atoms with Gasteiger partial charge in [0.05, 0.1) is 11.6 Å². The number of thiophene rings is 1. The molecule has 0 aliphatic rings. The molecular weight excluding hydrogens is 314 g/mol. The summed E-state index contributed by atoms with van der Waals surface area (Å²) in [5.41, 5.74) is 1.34. The summed E-state index contributed by atoms with van der Waals surface area (Å²) in [5.74, 6) is -0.109. The minimum Gasteiger partial charge on any atom is -0.342 e. The Balaban J connectivity index is 1.81. The van der Waals surface area contributed by atoms with Crippen molar-refractivity contribution in [2.24, 2.45) is 0 Å². The predicted molar refractivity (Wildman–Crippen MR) is 89.3 cm³/mol. The second-order valence-corrected chi connectivity index (χ2v) is 6.77. The van der Waals surface area contributed by atoms with E-state index in [0.29, 0.717) is 5.56 Å². The molecule has 0 fully saturated rings. The Bertz CT molecular complexity index is 739. The maximum Gasteiger partial charge on any atom is 0.253 e. The van der Waals surface area contributed by atoms with Gasteiger partial charge in [-0.05, 0) is 30.5 Å². The number of aryl methyl sites for hydroxylation is 1. The van der Waals surface area contributed by atoms with Crippen molar-refractivity contribution in [3.05, 3.63) is 68.6 Å². The number of carbonyl (C=O) groups is 1. The summed E-state index contributed by atoms with van der Waals surface area (Å²) in [4.78, 5) is 22.3. The molecule has 112 valence electrons. The average Bonchev–Trinajstić information content (AvgIpc) is 3.20. The summed E-state index contributed by atoms with van der Waals surface area (Å²) in [6.07, 6.45) is 4.20. The van der Waals surface area contributed by atoms with Gasteiger partial charge in [-0.2, -0.15) is 0 Å². The van der Waals surface area contributed by atoms with Crippen LogP contribution in [0, 0.1) is 6.92 Å². The third kappa shape index (κ3) is 3.40. The molecule has 4 nitrogen and oxygen atoms in total. The Labute approximate surface area is 136 Å². The van der Waals surface area contributed by atoms with E-state index in [-0.39, 0.29) is 11.9 Å². The van der Waals surface area contributed by atoms with Gasteiger partial charge in [-0.1, -0.05) is 6.07 Å². The van der Waals surface area contributed by atoms with Crippen LogP contribution in [0.1, 0.15) is 32.0 Å². The van der Waals surface area contributed by atoms with Crippen molar-refractivity contribution in [2.45, 2.75) is 19.4 Å². The molecule has 0 spiro atoms. The summed E-state index contributed by atoms with van der Waals surface area (Å²) < 4.78 is 0. The highest BCUT2D eigenvalue weighted by molar-refractivity contribution is 7.10. The van der Waals surface area contributed by atoms with Crippen molar-refractivity contribution >= 4 is 28.6 Å². The van der Waals surface area contributed by atoms with Gasteiger partial charge >= 0.3 is 0 Å².